The molecule has 2 heterocycles. The molecule has 4 rings (SSSR count). The maximum absolute atomic E-state index is 13.1. The molecule has 1 atom stereocenters. The molecule has 3 aromatic rings. The third-order valence-electron chi connectivity index (χ3n) is 5.10. The van der Waals surface area contributed by atoms with E-state index in [0.29, 0.717) is 24.4 Å². The Balaban J connectivity index is 1.74. The summed E-state index contributed by atoms with van der Waals surface area (Å²) in [5.74, 6) is 0.531. The first-order valence-electron chi connectivity index (χ1n) is 9.67. The zero-order valence-electron chi connectivity index (χ0n) is 16.9. The van der Waals surface area contributed by atoms with Crippen LogP contribution in [0.3, 0.4) is 0 Å². The van der Waals surface area contributed by atoms with Crippen LogP contribution in [0.2, 0.25) is 0 Å². The highest BCUT2D eigenvalue weighted by Gasteiger charge is 2.33. The SMILES string of the molecule is CCC1Oc2ccc(-c3nc(C)sc3C)cc2N(Cc2ccc([N+](=O)[O-])cc2)C1=O. The number of carbonyl (C=O) groups is 1. The largest absolute Gasteiger partial charge is 0.478 e. The van der Waals surface area contributed by atoms with Crippen LogP contribution in [0.1, 0.15) is 28.8 Å². The van der Waals surface area contributed by atoms with Gasteiger partial charge in [0.05, 0.1) is 27.9 Å². The predicted molar refractivity (Wildman–Crippen MR) is 116 cm³/mol. The molecule has 0 fully saturated rings. The van der Waals surface area contributed by atoms with Crippen molar-refractivity contribution in [2.24, 2.45) is 0 Å². The standard InChI is InChI=1S/C22H21N3O4S/c1-4-19-22(26)24(12-15-5-8-17(9-6-15)25(27)28)18-11-16(7-10-20(18)29-19)21-13(2)30-14(3)23-21/h5-11,19H,4,12H2,1-3H3. The molecule has 0 aliphatic carbocycles. The summed E-state index contributed by atoms with van der Waals surface area (Å²) >= 11 is 1.64. The van der Waals surface area contributed by atoms with Crippen molar-refractivity contribution in [3.63, 3.8) is 0 Å². The van der Waals surface area contributed by atoms with E-state index in [1.54, 1.807) is 28.4 Å². The molecule has 0 N–H and O–H groups in total. The van der Waals surface area contributed by atoms with Gasteiger partial charge in [-0.1, -0.05) is 19.1 Å². The number of non-ortho nitro benzene ring substituents is 1. The molecular weight excluding hydrogens is 402 g/mol. The monoisotopic (exact) mass is 423 g/mol. The number of anilines is 1. The highest BCUT2D eigenvalue weighted by molar-refractivity contribution is 7.11. The summed E-state index contributed by atoms with van der Waals surface area (Å²) in [5.41, 5.74) is 3.35. The minimum absolute atomic E-state index is 0.0237. The normalized spacial score (nSPS) is 15.6. The third kappa shape index (κ3) is 3.66. The van der Waals surface area contributed by atoms with Gasteiger partial charge in [0.2, 0.25) is 0 Å². The molecule has 0 spiro atoms. The Hall–Kier alpha value is -3.26. The van der Waals surface area contributed by atoms with Crippen LogP contribution in [0.4, 0.5) is 11.4 Å². The zero-order chi connectivity index (χ0) is 21.4. The zero-order valence-corrected chi connectivity index (χ0v) is 17.7. The van der Waals surface area contributed by atoms with Crippen LogP contribution in [0.5, 0.6) is 5.75 Å². The number of thiazole rings is 1. The van der Waals surface area contributed by atoms with Crippen LogP contribution >= 0.6 is 11.3 Å². The van der Waals surface area contributed by atoms with E-state index in [2.05, 4.69) is 4.98 Å². The fourth-order valence-electron chi connectivity index (χ4n) is 3.59. The molecule has 0 saturated carbocycles. The minimum Gasteiger partial charge on any atom is -0.478 e. The summed E-state index contributed by atoms with van der Waals surface area (Å²) in [4.78, 5) is 31.0. The van der Waals surface area contributed by atoms with Crippen LogP contribution in [0, 0.1) is 24.0 Å². The molecule has 2 aromatic carbocycles. The van der Waals surface area contributed by atoms with Gasteiger partial charge in [-0.05, 0) is 44.0 Å². The second-order valence-electron chi connectivity index (χ2n) is 7.18. The van der Waals surface area contributed by atoms with Crippen LogP contribution in [0.25, 0.3) is 11.3 Å². The van der Waals surface area contributed by atoms with E-state index < -0.39 is 11.0 Å². The van der Waals surface area contributed by atoms with E-state index in [9.17, 15) is 14.9 Å². The Bertz CT molecular complexity index is 1120. The number of carbonyl (C=O) groups excluding carboxylic acids is 1. The molecular formula is C22H21N3O4S. The van der Waals surface area contributed by atoms with E-state index in [-0.39, 0.29) is 11.6 Å². The van der Waals surface area contributed by atoms with Crippen LogP contribution < -0.4 is 9.64 Å². The molecule has 154 valence electrons. The first-order valence-corrected chi connectivity index (χ1v) is 10.5. The molecule has 8 heteroatoms. The fourth-order valence-corrected chi connectivity index (χ4v) is 4.44. The van der Waals surface area contributed by atoms with Crippen LogP contribution in [-0.4, -0.2) is 21.9 Å². The van der Waals surface area contributed by atoms with Crippen molar-refractivity contribution in [1.29, 1.82) is 0 Å². The number of nitro benzene ring substituents is 1. The summed E-state index contributed by atoms with van der Waals surface area (Å²) in [5, 5.41) is 11.9. The maximum Gasteiger partial charge on any atom is 0.269 e. The van der Waals surface area contributed by atoms with Gasteiger partial charge in [0.1, 0.15) is 5.75 Å². The molecule has 0 saturated heterocycles. The number of hydrogen-bond donors (Lipinski definition) is 0. The number of aromatic nitrogens is 1. The average molecular weight is 423 g/mol. The molecule has 0 radical (unpaired) electrons. The fraction of sp³-hybridized carbons (Fsp3) is 0.273. The minimum atomic E-state index is -0.551. The van der Waals surface area contributed by atoms with E-state index in [1.807, 2.05) is 39.0 Å². The second-order valence-corrected chi connectivity index (χ2v) is 8.59. The van der Waals surface area contributed by atoms with E-state index in [0.717, 1.165) is 26.7 Å². The number of aryl methyl sites for hydroxylation is 2. The maximum atomic E-state index is 13.1. The molecule has 1 unspecified atom stereocenters. The van der Waals surface area contributed by atoms with Gasteiger partial charge in [-0.15, -0.1) is 11.3 Å². The number of amides is 1. The Kier molecular flexibility index (Phi) is 5.26. The molecule has 1 aromatic heterocycles. The lowest BCUT2D eigenvalue weighted by Crippen LogP contribution is -2.45. The lowest BCUT2D eigenvalue weighted by atomic mass is 10.0. The Morgan fingerprint density at radius 2 is 1.93 bits per heavy atom. The van der Waals surface area contributed by atoms with Gasteiger partial charge in [0.15, 0.2) is 6.10 Å². The van der Waals surface area contributed by atoms with E-state index in [1.165, 1.54) is 12.1 Å². The summed E-state index contributed by atoms with van der Waals surface area (Å²) in [6.45, 7) is 6.22. The number of hydrogen-bond acceptors (Lipinski definition) is 6. The van der Waals surface area contributed by atoms with Gasteiger partial charge in [0.25, 0.3) is 11.6 Å². The first kappa shape index (κ1) is 20.0. The Morgan fingerprint density at radius 1 is 1.20 bits per heavy atom. The number of ether oxygens (including phenoxy) is 1. The van der Waals surface area contributed by atoms with Crippen molar-refractivity contribution in [3.05, 3.63) is 68.0 Å². The van der Waals surface area contributed by atoms with E-state index >= 15 is 0 Å². The summed E-state index contributed by atoms with van der Waals surface area (Å²) in [6.07, 6.45) is 0.00547. The van der Waals surface area contributed by atoms with Crippen molar-refractivity contribution in [2.75, 3.05) is 4.90 Å². The molecule has 1 aliphatic rings. The van der Waals surface area contributed by atoms with Crippen molar-refractivity contribution >= 4 is 28.6 Å². The van der Waals surface area contributed by atoms with Crippen molar-refractivity contribution in [1.82, 2.24) is 4.98 Å². The number of fused-ring (bicyclic) bond motifs is 1. The third-order valence-corrected chi connectivity index (χ3v) is 5.98. The first-order chi connectivity index (χ1) is 14.4. The van der Waals surface area contributed by atoms with Crippen LogP contribution in [0.15, 0.2) is 42.5 Å². The van der Waals surface area contributed by atoms with Crippen molar-refractivity contribution < 1.29 is 14.5 Å². The lowest BCUT2D eigenvalue weighted by molar-refractivity contribution is -0.384. The van der Waals surface area contributed by atoms with Crippen LogP contribution in [-0.2, 0) is 11.3 Å². The van der Waals surface area contributed by atoms with Gasteiger partial charge < -0.3 is 9.64 Å². The smallest absolute Gasteiger partial charge is 0.269 e. The topological polar surface area (TPSA) is 85.6 Å². The van der Waals surface area contributed by atoms with E-state index in [4.69, 9.17) is 4.74 Å². The van der Waals surface area contributed by atoms with Gasteiger partial charge in [-0.25, -0.2) is 4.98 Å². The quantitative estimate of drug-likeness (QED) is 0.424. The van der Waals surface area contributed by atoms with Crippen molar-refractivity contribution in [3.8, 4) is 17.0 Å². The Morgan fingerprint density at radius 3 is 2.53 bits per heavy atom. The molecule has 7 nitrogen and oxygen atoms in total. The molecule has 1 aliphatic heterocycles. The highest BCUT2D eigenvalue weighted by atomic mass is 32.1. The van der Waals surface area contributed by atoms with Gasteiger partial charge >= 0.3 is 0 Å². The number of nitrogens with zero attached hydrogens (tertiary/aromatic N) is 3. The Labute approximate surface area is 178 Å². The average Bonchev–Trinajstić information content (AvgIpc) is 3.07. The summed E-state index contributed by atoms with van der Waals surface area (Å²) in [7, 11) is 0. The summed E-state index contributed by atoms with van der Waals surface area (Å²) < 4.78 is 5.94. The van der Waals surface area contributed by atoms with Crippen molar-refractivity contribution in [2.45, 2.75) is 39.8 Å². The number of benzene rings is 2. The molecule has 0 bridgehead atoms. The molecule has 1 amide bonds. The number of nitro groups is 1. The lowest BCUT2D eigenvalue weighted by Gasteiger charge is -2.34. The summed E-state index contributed by atoms with van der Waals surface area (Å²) in [6, 6.07) is 12.1. The molecule has 30 heavy (non-hydrogen) atoms. The highest BCUT2D eigenvalue weighted by Crippen LogP contribution is 2.40. The predicted octanol–water partition coefficient (Wildman–Crippen LogP) is 5.04. The van der Waals surface area contributed by atoms with Gasteiger partial charge in [-0.3, -0.25) is 14.9 Å². The van der Waals surface area contributed by atoms with Gasteiger partial charge in [0, 0.05) is 22.6 Å². The number of rotatable bonds is 5. The second kappa shape index (κ2) is 7.87. The van der Waals surface area contributed by atoms with Gasteiger partial charge in [-0.2, -0.15) is 0 Å².